The number of likely N-dealkylation sites (tertiary alicyclic amines) is 1. The van der Waals surface area contributed by atoms with Gasteiger partial charge < -0.3 is 19.7 Å². The van der Waals surface area contributed by atoms with Crippen molar-refractivity contribution in [3.63, 3.8) is 0 Å². The minimum atomic E-state index is -5.08. The Morgan fingerprint density at radius 2 is 1.71 bits per heavy atom. The third-order valence-electron chi connectivity index (χ3n) is 6.64. The highest BCUT2D eigenvalue weighted by Gasteiger charge is 2.46. The van der Waals surface area contributed by atoms with E-state index in [9.17, 15) is 26.3 Å². The number of alkyl halides is 6. The van der Waals surface area contributed by atoms with Crippen molar-refractivity contribution in [3.05, 3.63) is 42.0 Å². The molecule has 2 aromatic heterocycles. The molecular weight excluding hydrogens is 566 g/mol. The van der Waals surface area contributed by atoms with Crippen LogP contribution in [-0.2, 0) is 27.9 Å². The molecule has 2 aliphatic heterocycles. The number of ether oxygens (including phenoxy) is 2. The summed E-state index contributed by atoms with van der Waals surface area (Å²) in [4.78, 5) is 24.4. The van der Waals surface area contributed by atoms with Crippen LogP contribution < -0.4 is 4.74 Å². The first-order valence-electron chi connectivity index (χ1n) is 12.5. The average Bonchev–Trinajstić information content (AvgIpc) is 3.42. The van der Waals surface area contributed by atoms with Crippen molar-refractivity contribution >= 4 is 11.9 Å². The fraction of sp³-hybridized carbons (Fsp3) is 0.600. The first-order chi connectivity index (χ1) is 19.0. The first-order valence-corrected chi connectivity index (χ1v) is 12.5. The van der Waals surface area contributed by atoms with Crippen LogP contribution >= 0.6 is 0 Å². The summed E-state index contributed by atoms with van der Waals surface area (Å²) in [5.41, 5.74) is 2.43. The summed E-state index contributed by atoms with van der Waals surface area (Å²) in [5.74, 6) is -4.07. The highest BCUT2D eigenvalue weighted by molar-refractivity contribution is 5.73. The second kappa shape index (κ2) is 14.5. The third kappa shape index (κ3) is 10.8. The molecule has 0 aliphatic carbocycles. The van der Waals surface area contributed by atoms with Crippen LogP contribution in [0.1, 0.15) is 37.1 Å². The Kier molecular flexibility index (Phi) is 11.9. The van der Waals surface area contributed by atoms with Gasteiger partial charge >= 0.3 is 24.3 Å². The van der Waals surface area contributed by atoms with Gasteiger partial charge in [0.25, 0.3) is 0 Å². The van der Waals surface area contributed by atoms with E-state index >= 15 is 0 Å². The second-order valence-electron chi connectivity index (χ2n) is 9.51. The van der Waals surface area contributed by atoms with E-state index in [0.29, 0.717) is 5.92 Å². The zero-order valence-electron chi connectivity index (χ0n) is 22.4. The number of carbonyl (C=O) groups is 2. The predicted octanol–water partition coefficient (Wildman–Crippen LogP) is 4.23. The molecule has 1 atom stereocenters. The maximum absolute atomic E-state index is 10.6. The van der Waals surface area contributed by atoms with Gasteiger partial charge in [0.15, 0.2) is 0 Å². The van der Waals surface area contributed by atoms with Gasteiger partial charge in [0, 0.05) is 39.5 Å². The number of nitrogens with zero attached hydrogens (tertiary/aromatic N) is 4. The lowest BCUT2D eigenvalue weighted by molar-refractivity contribution is -0.193. The van der Waals surface area contributed by atoms with Crippen LogP contribution in [0.5, 0.6) is 5.75 Å². The zero-order chi connectivity index (χ0) is 30.8. The van der Waals surface area contributed by atoms with E-state index in [2.05, 4.69) is 28.0 Å². The molecule has 2 aliphatic rings. The van der Waals surface area contributed by atoms with Crippen LogP contribution in [-0.4, -0.2) is 86.1 Å². The molecule has 10 nitrogen and oxygen atoms in total. The number of piperidine rings is 1. The Morgan fingerprint density at radius 1 is 1.12 bits per heavy atom. The van der Waals surface area contributed by atoms with Crippen LogP contribution in [0.3, 0.4) is 0 Å². The average molecular weight is 599 g/mol. The van der Waals surface area contributed by atoms with E-state index in [1.54, 1.807) is 12.4 Å². The summed E-state index contributed by atoms with van der Waals surface area (Å²) < 4.78 is 77.7. The fourth-order valence-corrected chi connectivity index (χ4v) is 4.63. The Hall–Kier alpha value is -3.40. The minimum Gasteiger partial charge on any atom is -0.492 e. The smallest absolute Gasteiger partial charge is 0.490 e. The minimum absolute atomic E-state index is 0.0528. The number of halogens is 6. The molecule has 2 N–H and O–H groups in total. The highest BCUT2D eigenvalue weighted by Crippen LogP contribution is 2.42. The van der Waals surface area contributed by atoms with Crippen LogP contribution in [0.4, 0.5) is 26.3 Å². The van der Waals surface area contributed by atoms with Crippen LogP contribution in [0, 0.1) is 12.8 Å². The fourth-order valence-electron chi connectivity index (χ4n) is 4.63. The van der Waals surface area contributed by atoms with Crippen molar-refractivity contribution < 1.29 is 55.6 Å². The lowest BCUT2D eigenvalue weighted by Gasteiger charge is -2.42. The standard InChI is InChI=1S/C21H30N4O2.2C2HF3O2/c1-17-14-19(24(2)23-17)16-25-10-7-21(8-11-25)18(6-13-27-21)5-12-26-20-4-3-9-22-15-20;2*3-2(4,5)1(6)7/h3-4,9,14-15,18H,5-8,10-13,16H2,1-2H3;2*(H,6,7). The molecule has 2 fully saturated rings. The molecule has 0 aromatic carbocycles. The lowest BCUT2D eigenvalue weighted by atomic mass is 9.78. The molecule has 0 amide bonds. The highest BCUT2D eigenvalue weighted by atomic mass is 19.4. The monoisotopic (exact) mass is 598 g/mol. The lowest BCUT2D eigenvalue weighted by Crippen LogP contribution is -2.47. The molecule has 1 unspecified atom stereocenters. The molecule has 0 bridgehead atoms. The van der Waals surface area contributed by atoms with Gasteiger partial charge in [-0.05, 0) is 56.7 Å². The van der Waals surface area contributed by atoms with E-state index in [1.165, 1.54) is 5.69 Å². The maximum atomic E-state index is 10.6. The summed E-state index contributed by atoms with van der Waals surface area (Å²) in [7, 11) is 2.03. The number of aliphatic carboxylic acids is 2. The molecule has 2 aromatic rings. The molecule has 4 rings (SSSR count). The van der Waals surface area contributed by atoms with Crippen molar-refractivity contribution in [2.75, 3.05) is 26.3 Å². The number of rotatable bonds is 6. The SMILES string of the molecule is Cc1cc(CN2CCC3(CC2)OCCC3CCOc2cccnc2)n(C)n1.O=C(O)C(F)(F)F.O=C(O)C(F)(F)F. The largest absolute Gasteiger partial charge is 0.492 e. The topological polar surface area (TPSA) is 127 Å². The molecule has 4 heterocycles. The molecule has 230 valence electrons. The van der Waals surface area contributed by atoms with E-state index < -0.39 is 24.3 Å². The Labute approximate surface area is 231 Å². The van der Waals surface area contributed by atoms with Crippen LogP contribution in [0.25, 0.3) is 0 Å². The van der Waals surface area contributed by atoms with E-state index in [4.69, 9.17) is 29.3 Å². The summed E-state index contributed by atoms with van der Waals surface area (Å²) in [5, 5.41) is 18.7. The second-order valence-corrected chi connectivity index (χ2v) is 9.51. The van der Waals surface area contributed by atoms with Gasteiger partial charge in [-0.15, -0.1) is 0 Å². The Balaban J connectivity index is 0.000000349. The van der Waals surface area contributed by atoms with Crippen molar-refractivity contribution in [1.82, 2.24) is 19.7 Å². The summed E-state index contributed by atoms with van der Waals surface area (Å²) in [6.07, 6.45) is -2.19. The molecule has 0 radical (unpaired) electrons. The van der Waals surface area contributed by atoms with Crippen molar-refractivity contribution in [2.45, 2.75) is 57.1 Å². The van der Waals surface area contributed by atoms with Gasteiger partial charge in [-0.3, -0.25) is 14.6 Å². The molecule has 1 spiro atoms. The van der Waals surface area contributed by atoms with Crippen molar-refractivity contribution in [2.24, 2.45) is 13.0 Å². The van der Waals surface area contributed by atoms with Gasteiger partial charge in [-0.2, -0.15) is 31.4 Å². The number of pyridine rings is 1. The van der Waals surface area contributed by atoms with Gasteiger partial charge in [0.05, 0.1) is 29.8 Å². The predicted molar refractivity (Wildman–Crippen MR) is 131 cm³/mol. The van der Waals surface area contributed by atoms with Gasteiger partial charge in [-0.1, -0.05) is 0 Å². The zero-order valence-corrected chi connectivity index (χ0v) is 22.4. The van der Waals surface area contributed by atoms with Gasteiger partial charge in [0.1, 0.15) is 5.75 Å². The number of aromatic nitrogens is 3. The summed E-state index contributed by atoms with van der Waals surface area (Å²) in [6, 6.07) is 6.07. The molecule has 41 heavy (non-hydrogen) atoms. The van der Waals surface area contributed by atoms with E-state index in [1.807, 2.05) is 23.9 Å². The van der Waals surface area contributed by atoms with Gasteiger partial charge in [0.2, 0.25) is 0 Å². The number of carboxylic acids is 2. The van der Waals surface area contributed by atoms with Gasteiger partial charge in [-0.25, -0.2) is 9.59 Å². The molecule has 0 saturated carbocycles. The first kappa shape index (κ1) is 33.8. The molecular formula is C25H32F6N4O6. The van der Waals surface area contributed by atoms with Crippen molar-refractivity contribution in [3.8, 4) is 5.75 Å². The molecule has 2 saturated heterocycles. The van der Waals surface area contributed by atoms with Crippen molar-refractivity contribution in [1.29, 1.82) is 0 Å². The third-order valence-corrected chi connectivity index (χ3v) is 6.64. The molecule has 16 heteroatoms. The number of hydrogen-bond donors (Lipinski definition) is 2. The number of aryl methyl sites for hydroxylation is 2. The Bertz CT molecular complexity index is 1090. The van der Waals surface area contributed by atoms with Crippen LogP contribution in [0.2, 0.25) is 0 Å². The number of hydrogen-bond acceptors (Lipinski definition) is 7. The van der Waals surface area contributed by atoms with E-state index in [-0.39, 0.29) is 5.60 Å². The summed E-state index contributed by atoms with van der Waals surface area (Å²) >= 11 is 0. The van der Waals surface area contributed by atoms with E-state index in [0.717, 1.165) is 70.0 Å². The number of carboxylic acid groups (broad SMARTS) is 2. The quantitative estimate of drug-likeness (QED) is 0.470. The normalized spacial score (nSPS) is 18.6. The van der Waals surface area contributed by atoms with Crippen LogP contribution in [0.15, 0.2) is 30.6 Å². The Morgan fingerprint density at radius 3 is 2.17 bits per heavy atom. The maximum Gasteiger partial charge on any atom is 0.490 e. The summed E-state index contributed by atoms with van der Waals surface area (Å²) in [6.45, 7) is 6.83.